The van der Waals surface area contributed by atoms with Crippen LogP contribution >= 0.6 is 11.6 Å². The fraction of sp³-hybridized carbons (Fsp3) is 0.389. The highest BCUT2D eigenvalue weighted by Gasteiger charge is 2.26. The third-order valence-corrected chi connectivity index (χ3v) is 4.86. The molecule has 0 radical (unpaired) electrons. The predicted octanol–water partition coefficient (Wildman–Crippen LogP) is 1.96. The van der Waals surface area contributed by atoms with Crippen molar-refractivity contribution in [3.05, 3.63) is 53.3 Å². The number of carbonyl (C=O) groups excluding carboxylic acids is 1. The molecule has 25 heavy (non-hydrogen) atoms. The number of amides is 1. The zero-order valence-corrected chi connectivity index (χ0v) is 15.0. The van der Waals surface area contributed by atoms with Crippen molar-refractivity contribution < 1.29 is 4.79 Å². The van der Waals surface area contributed by atoms with E-state index in [4.69, 9.17) is 11.6 Å². The van der Waals surface area contributed by atoms with Gasteiger partial charge in [-0.15, -0.1) is 0 Å². The number of carbonyl (C=O) groups is 1. The van der Waals surface area contributed by atoms with E-state index in [0.29, 0.717) is 11.6 Å². The molecule has 6 nitrogen and oxygen atoms in total. The Kier molecular flexibility index (Phi) is 5.83. The smallest absolute Gasteiger partial charge is 0.237 e. The fourth-order valence-corrected chi connectivity index (χ4v) is 3.10. The van der Waals surface area contributed by atoms with Crippen molar-refractivity contribution in [1.29, 1.82) is 0 Å². The maximum absolute atomic E-state index is 12.4. The molecule has 0 aliphatic carbocycles. The summed E-state index contributed by atoms with van der Waals surface area (Å²) in [7, 11) is 0. The summed E-state index contributed by atoms with van der Waals surface area (Å²) < 4.78 is 0. The van der Waals surface area contributed by atoms with Crippen LogP contribution in [0.4, 0.5) is 5.95 Å². The Morgan fingerprint density at radius 1 is 1.16 bits per heavy atom. The number of aromatic nitrogens is 2. The van der Waals surface area contributed by atoms with E-state index < -0.39 is 0 Å². The van der Waals surface area contributed by atoms with E-state index in [1.807, 2.05) is 37.3 Å². The van der Waals surface area contributed by atoms with Crippen molar-refractivity contribution in [2.24, 2.45) is 0 Å². The Morgan fingerprint density at radius 3 is 2.52 bits per heavy atom. The number of benzene rings is 1. The molecule has 1 aliphatic heterocycles. The SMILES string of the molecule is C[C@H](C(=O)NCc1ccccc1Cl)N1CCN(c2ncccn2)CC1. The minimum atomic E-state index is -0.179. The molecule has 132 valence electrons. The summed E-state index contributed by atoms with van der Waals surface area (Å²) in [5.74, 6) is 0.766. The first-order valence-electron chi connectivity index (χ1n) is 8.42. The van der Waals surface area contributed by atoms with Gasteiger partial charge in [0.25, 0.3) is 0 Å². The first-order chi connectivity index (χ1) is 12.1. The van der Waals surface area contributed by atoms with E-state index in [2.05, 4.69) is 25.1 Å². The summed E-state index contributed by atoms with van der Waals surface area (Å²) >= 11 is 6.13. The zero-order chi connectivity index (χ0) is 17.6. The molecule has 0 spiro atoms. The maximum atomic E-state index is 12.4. The minimum Gasteiger partial charge on any atom is -0.351 e. The summed E-state index contributed by atoms with van der Waals surface area (Å²) in [6.45, 7) is 5.62. The average molecular weight is 360 g/mol. The Balaban J connectivity index is 1.49. The van der Waals surface area contributed by atoms with Gasteiger partial charge in [0.2, 0.25) is 11.9 Å². The Labute approximate surface area is 152 Å². The molecular formula is C18H22ClN5O. The van der Waals surface area contributed by atoms with Gasteiger partial charge in [0.1, 0.15) is 0 Å². The summed E-state index contributed by atoms with van der Waals surface area (Å²) in [5.41, 5.74) is 0.927. The van der Waals surface area contributed by atoms with Crippen molar-refractivity contribution in [2.45, 2.75) is 19.5 Å². The van der Waals surface area contributed by atoms with Crippen LogP contribution in [0, 0.1) is 0 Å². The molecule has 3 rings (SSSR count). The molecule has 0 unspecified atom stereocenters. The van der Waals surface area contributed by atoms with Gasteiger partial charge in [-0.1, -0.05) is 29.8 Å². The number of hydrogen-bond donors (Lipinski definition) is 1. The van der Waals surface area contributed by atoms with Crippen LogP contribution in [0.5, 0.6) is 0 Å². The van der Waals surface area contributed by atoms with Crippen LogP contribution in [0.25, 0.3) is 0 Å². The van der Waals surface area contributed by atoms with Gasteiger partial charge in [0.05, 0.1) is 6.04 Å². The van der Waals surface area contributed by atoms with E-state index in [9.17, 15) is 4.79 Å². The normalized spacial score (nSPS) is 16.5. The van der Waals surface area contributed by atoms with Crippen LogP contribution in [-0.2, 0) is 11.3 Å². The van der Waals surface area contributed by atoms with Crippen molar-refractivity contribution in [2.75, 3.05) is 31.1 Å². The third-order valence-electron chi connectivity index (χ3n) is 4.49. The number of hydrogen-bond acceptors (Lipinski definition) is 5. The molecule has 1 fully saturated rings. The molecule has 1 saturated heterocycles. The van der Waals surface area contributed by atoms with Crippen molar-refractivity contribution >= 4 is 23.5 Å². The molecule has 1 aliphatic rings. The molecule has 7 heteroatoms. The average Bonchev–Trinajstić information content (AvgIpc) is 2.67. The van der Waals surface area contributed by atoms with Crippen LogP contribution < -0.4 is 10.2 Å². The van der Waals surface area contributed by atoms with Gasteiger partial charge in [-0.3, -0.25) is 9.69 Å². The topological polar surface area (TPSA) is 61.4 Å². The second-order valence-electron chi connectivity index (χ2n) is 6.06. The molecule has 1 aromatic heterocycles. The molecule has 1 aromatic carbocycles. The molecule has 2 aromatic rings. The third kappa shape index (κ3) is 4.46. The van der Waals surface area contributed by atoms with Gasteiger partial charge in [0, 0.05) is 50.1 Å². The lowest BCUT2D eigenvalue weighted by atomic mass is 10.2. The summed E-state index contributed by atoms with van der Waals surface area (Å²) in [6.07, 6.45) is 3.50. The Morgan fingerprint density at radius 2 is 1.84 bits per heavy atom. The highest BCUT2D eigenvalue weighted by Crippen LogP contribution is 2.15. The van der Waals surface area contributed by atoms with Crippen LogP contribution in [-0.4, -0.2) is 53.0 Å². The number of nitrogens with zero attached hydrogens (tertiary/aromatic N) is 4. The zero-order valence-electron chi connectivity index (χ0n) is 14.2. The van der Waals surface area contributed by atoms with Crippen LogP contribution in [0.2, 0.25) is 5.02 Å². The lowest BCUT2D eigenvalue weighted by Crippen LogP contribution is -2.54. The van der Waals surface area contributed by atoms with E-state index in [1.54, 1.807) is 12.4 Å². The number of nitrogens with one attached hydrogen (secondary N) is 1. The maximum Gasteiger partial charge on any atom is 0.237 e. The highest BCUT2D eigenvalue weighted by molar-refractivity contribution is 6.31. The van der Waals surface area contributed by atoms with Crippen molar-refractivity contribution in [3.63, 3.8) is 0 Å². The first kappa shape index (κ1) is 17.6. The molecule has 1 amide bonds. The number of anilines is 1. The molecular weight excluding hydrogens is 338 g/mol. The van der Waals surface area contributed by atoms with Gasteiger partial charge < -0.3 is 10.2 Å². The van der Waals surface area contributed by atoms with E-state index in [1.165, 1.54) is 0 Å². The predicted molar refractivity (Wildman–Crippen MR) is 98.6 cm³/mol. The monoisotopic (exact) mass is 359 g/mol. The first-order valence-corrected chi connectivity index (χ1v) is 8.80. The standard InChI is InChI=1S/C18H22ClN5O/c1-14(17(25)22-13-15-5-2-3-6-16(15)19)23-9-11-24(12-10-23)18-20-7-4-8-21-18/h2-8,14H,9-13H2,1H3,(H,22,25)/t14-/m1/s1. The van der Waals surface area contributed by atoms with Gasteiger partial charge >= 0.3 is 0 Å². The van der Waals surface area contributed by atoms with Crippen LogP contribution in [0.15, 0.2) is 42.7 Å². The van der Waals surface area contributed by atoms with Crippen LogP contribution in [0.3, 0.4) is 0 Å². The Hall–Kier alpha value is -2.18. The lowest BCUT2D eigenvalue weighted by molar-refractivity contribution is -0.126. The number of halogens is 1. The number of piperazine rings is 1. The largest absolute Gasteiger partial charge is 0.351 e. The molecule has 0 saturated carbocycles. The summed E-state index contributed by atoms with van der Waals surface area (Å²) in [4.78, 5) is 25.3. The van der Waals surface area contributed by atoms with E-state index in [0.717, 1.165) is 37.7 Å². The second-order valence-corrected chi connectivity index (χ2v) is 6.46. The van der Waals surface area contributed by atoms with Gasteiger partial charge in [-0.25, -0.2) is 9.97 Å². The van der Waals surface area contributed by atoms with Crippen molar-refractivity contribution in [3.8, 4) is 0 Å². The molecule has 1 N–H and O–H groups in total. The lowest BCUT2D eigenvalue weighted by Gasteiger charge is -2.37. The fourth-order valence-electron chi connectivity index (χ4n) is 2.90. The number of rotatable bonds is 5. The van der Waals surface area contributed by atoms with Gasteiger partial charge in [-0.05, 0) is 24.6 Å². The molecule has 0 bridgehead atoms. The quantitative estimate of drug-likeness (QED) is 0.884. The second kappa shape index (κ2) is 8.27. The van der Waals surface area contributed by atoms with Crippen LogP contribution in [0.1, 0.15) is 12.5 Å². The van der Waals surface area contributed by atoms with Gasteiger partial charge in [0.15, 0.2) is 0 Å². The van der Waals surface area contributed by atoms with Gasteiger partial charge in [-0.2, -0.15) is 0 Å². The highest BCUT2D eigenvalue weighted by atomic mass is 35.5. The summed E-state index contributed by atoms with van der Waals surface area (Å²) in [5, 5.41) is 3.65. The molecule has 2 heterocycles. The minimum absolute atomic E-state index is 0.0179. The Bertz CT molecular complexity index is 704. The van der Waals surface area contributed by atoms with E-state index in [-0.39, 0.29) is 11.9 Å². The van der Waals surface area contributed by atoms with Crippen molar-refractivity contribution in [1.82, 2.24) is 20.2 Å². The van der Waals surface area contributed by atoms with E-state index >= 15 is 0 Å². The summed E-state index contributed by atoms with van der Waals surface area (Å²) in [6, 6.07) is 9.18. The molecule has 1 atom stereocenters.